The zero-order chi connectivity index (χ0) is 16.5. The van der Waals surface area contributed by atoms with E-state index >= 15 is 0 Å². The standard InChI is InChI=1S/C16H22N2O4S/c1-2-5-15(19)18-11-16(12-18)13(7-9-23(16,20)21)10-22-14-6-3-4-8-17-14/h3-4,6,8,13H,2,5,7,9-12H2,1H3/t13-/m1/s1. The van der Waals surface area contributed by atoms with Crippen molar-refractivity contribution in [2.24, 2.45) is 5.92 Å². The van der Waals surface area contributed by atoms with Gasteiger partial charge in [-0.2, -0.15) is 0 Å². The maximum Gasteiger partial charge on any atom is 0.222 e. The summed E-state index contributed by atoms with van der Waals surface area (Å²) in [5.41, 5.74) is 0. The van der Waals surface area contributed by atoms with Crippen LogP contribution in [0.15, 0.2) is 24.4 Å². The molecule has 0 aliphatic carbocycles. The van der Waals surface area contributed by atoms with Crippen LogP contribution in [0.5, 0.6) is 5.88 Å². The molecule has 3 heterocycles. The second-order valence-electron chi connectivity index (χ2n) is 6.35. The zero-order valence-corrected chi connectivity index (χ0v) is 14.1. The number of pyridine rings is 1. The fraction of sp³-hybridized carbons (Fsp3) is 0.625. The lowest BCUT2D eigenvalue weighted by Gasteiger charge is -2.49. The minimum Gasteiger partial charge on any atom is -0.477 e. The molecule has 0 radical (unpaired) electrons. The first-order valence-electron chi connectivity index (χ1n) is 8.02. The molecule has 23 heavy (non-hydrogen) atoms. The van der Waals surface area contributed by atoms with Gasteiger partial charge in [-0.05, 0) is 18.9 Å². The van der Waals surface area contributed by atoms with Crippen LogP contribution in [0.4, 0.5) is 0 Å². The van der Waals surface area contributed by atoms with Gasteiger partial charge in [-0.25, -0.2) is 13.4 Å². The quantitative estimate of drug-likeness (QED) is 0.808. The number of aromatic nitrogens is 1. The molecule has 1 spiro atoms. The molecule has 0 aromatic carbocycles. The molecule has 1 aromatic rings. The van der Waals surface area contributed by atoms with Gasteiger partial charge in [0.05, 0.1) is 12.4 Å². The number of nitrogens with zero attached hydrogens (tertiary/aromatic N) is 2. The Kier molecular flexibility index (Phi) is 4.31. The Balaban J connectivity index is 1.68. The summed E-state index contributed by atoms with van der Waals surface area (Å²) in [6.45, 7) is 2.89. The third-order valence-corrected chi connectivity index (χ3v) is 7.51. The van der Waals surface area contributed by atoms with Crippen molar-refractivity contribution in [3.63, 3.8) is 0 Å². The van der Waals surface area contributed by atoms with Crippen LogP contribution in [0.2, 0.25) is 0 Å². The maximum absolute atomic E-state index is 12.5. The SMILES string of the molecule is CCCC(=O)N1CC2(C1)[C@@H](COc1ccccn1)CCS2(=O)=O. The van der Waals surface area contributed by atoms with Crippen LogP contribution >= 0.6 is 0 Å². The fourth-order valence-electron chi connectivity index (χ4n) is 3.47. The summed E-state index contributed by atoms with van der Waals surface area (Å²) in [5.74, 6) is 0.647. The number of hydrogen-bond acceptors (Lipinski definition) is 5. The minimum atomic E-state index is -3.18. The highest BCUT2D eigenvalue weighted by molar-refractivity contribution is 7.93. The summed E-state index contributed by atoms with van der Waals surface area (Å²) in [5, 5.41) is 0. The fourth-order valence-corrected chi connectivity index (χ4v) is 5.87. The molecule has 2 aliphatic rings. The predicted molar refractivity (Wildman–Crippen MR) is 85.8 cm³/mol. The van der Waals surface area contributed by atoms with E-state index in [1.165, 1.54) is 0 Å². The van der Waals surface area contributed by atoms with Gasteiger partial charge in [0.2, 0.25) is 11.8 Å². The van der Waals surface area contributed by atoms with Gasteiger partial charge in [-0.3, -0.25) is 4.79 Å². The van der Waals surface area contributed by atoms with Gasteiger partial charge in [0.1, 0.15) is 4.75 Å². The summed E-state index contributed by atoms with van der Waals surface area (Å²) in [6, 6.07) is 5.39. The van der Waals surface area contributed by atoms with E-state index in [-0.39, 0.29) is 17.6 Å². The lowest BCUT2D eigenvalue weighted by atomic mass is 9.83. The van der Waals surface area contributed by atoms with E-state index in [0.29, 0.717) is 38.4 Å². The van der Waals surface area contributed by atoms with Crippen molar-refractivity contribution in [3.8, 4) is 5.88 Å². The van der Waals surface area contributed by atoms with Crippen LogP contribution in [0.25, 0.3) is 0 Å². The number of likely N-dealkylation sites (tertiary alicyclic amines) is 1. The molecule has 1 aromatic heterocycles. The Morgan fingerprint density at radius 2 is 2.22 bits per heavy atom. The van der Waals surface area contributed by atoms with E-state index in [1.807, 2.05) is 13.0 Å². The summed E-state index contributed by atoms with van der Waals surface area (Å²) in [4.78, 5) is 17.7. The number of hydrogen-bond donors (Lipinski definition) is 0. The Labute approximate surface area is 136 Å². The van der Waals surface area contributed by atoms with Crippen LogP contribution < -0.4 is 4.74 Å². The van der Waals surface area contributed by atoms with Gasteiger partial charge in [-0.1, -0.05) is 13.0 Å². The predicted octanol–water partition coefficient (Wildman–Crippen LogP) is 1.28. The van der Waals surface area contributed by atoms with Gasteiger partial charge in [0.25, 0.3) is 0 Å². The van der Waals surface area contributed by atoms with Gasteiger partial charge in [-0.15, -0.1) is 0 Å². The van der Waals surface area contributed by atoms with Crippen LogP contribution in [0, 0.1) is 5.92 Å². The lowest BCUT2D eigenvalue weighted by Crippen LogP contribution is -2.68. The number of carbonyl (C=O) groups is 1. The first kappa shape index (κ1) is 16.2. The summed E-state index contributed by atoms with van der Waals surface area (Å²) < 4.78 is 29.9. The van der Waals surface area contributed by atoms with Crippen LogP contribution in [-0.4, -0.2) is 54.4 Å². The average Bonchev–Trinajstić information content (AvgIpc) is 2.75. The molecular weight excluding hydrogens is 316 g/mol. The zero-order valence-electron chi connectivity index (χ0n) is 13.3. The van der Waals surface area contributed by atoms with Gasteiger partial charge < -0.3 is 9.64 Å². The van der Waals surface area contributed by atoms with E-state index in [0.717, 1.165) is 6.42 Å². The molecule has 0 N–H and O–H groups in total. The van der Waals surface area contributed by atoms with Crippen molar-refractivity contribution in [2.75, 3.05) is 25.4 Å². The molecule has 126 valence electrons. The van der Waals surface area contributed by atoms with Crippen molar-refractivity contribution in [2.45, 2.75) is 30.9 Å². The number of amides is 1. The highest BCUT2D eigenvalue weighted by atomic mass is 32.2. The summed E-state index contributed by atoms with van der Waals surface area (Å²) in [6.07, 6.45) is 3.49. The Morgan fingerprint density at radius 1 is 1.43 bits per heavy atom. The number of sulfone groups is 1. The van der Waals surface area contributed by atoms with Gasteiger partial charge >= 0.3 is 0 Å². The van der Waals surface area contributed by atoms with Crippen molar-refractivity contribution < 1.29 is 17.9 Å². The van der Waals surface area contributed by atoms with E-state index in [4.69, 9.17) is 4.74 Å². The molecule has 2 saturated heterocycles. The maximum atomic E-state index is 12.5. The Hall–Kier alpha value is -1.63. The topological polar surface area (TPSA) is 76.6 Å². The van der Waals surface area contributed by atoms with Crippen molar-refractivity contribution in [1.82, 2.24) is 9.88 Å². The molecule has 1 atom stereocenters. The number of carbonyl (C=O) groups excluding carboxylic acids is 1. The van der Waals surface area contributed by atoms with Gasteiger partial charge in [0.15, 0.2) is 9.84 Å². The smallest absolute Gasteiger partial charge is 0.222 e. The highest BCUT2D eigenvalue weighted by Gasteiger charge is 2.62. The van der Waals surface area contributed by atoms with Crippen molar-refractivity contribution in [3.05, 3.63) is 24.4 Å². The molecule has 2 aliphatic heterocycles. The largest absolute Gasteiger partial charge is 0.477 e. The Bertz CT molecular complexity index is 669. The molecule has 0 unspecified atom stereocenters. The molecule has 7 heteroatoms. The second-order valence-corrected chi connectivity index (χ2v) is 8.80. The van der Waals surface area contributed by atoms with E-state index in [2.05, 4.69) is 4.98 Å². The Morgan fingerprint density at radius 3 is 2.87 bits per heavy atom. The highest BCUT2D eigenvalue weighted by Crippen LogP contribution is 2.45. The molecule has 1 amide bonds. The minimum absolute atomic E-state index is 0.0459. The first-order valence-corrected chi connectivity index (χ1v) is 9.67. The van der Waals surface area contributed by atoms with E-state index in [9.17, 15) is 13.2 Å². The van der Waals surface area contributed by atoms with E-state index < -0.39 is 14.6 Å². The molecular formula is C16H22N2O4S. The van der Waals surface area contributed by atoms with Crippen LogP contribution in [0.1, 0.15) is 26.2 Å². The van der Waals surface area contributed by atoms with Crippen molar-refractivity contribution in [1.29, 1.82) is 0 Å². The van der Waals surface area contributed by atoms with E-state index in [1.54, 1.807) is 23.2 Å². The lowest BCUT2D eigenvalue weighted by molar-refractivity contribution is -0.137. The monoisotopic (exact) mass is 338 g/mol. The molecule has 2 fully saturated rings. The third kappa shape index (κ3) is 2.82. The number of ether oxygens (including phenoxy) is 1. The van der Waals surface area contributed by atoms with Crippen molar-refractivity contribution >= 4 is 15.7 Å². The molecule has 3 rings (SSSR count). The summed E-state index contributed by atoms with van der Waals surface area (Å²) in [7, 11) is -3.18. The second kappa shape index (κ2) is 6.11. The van der Waals surface area contributed by atoms with Crippen LogP contribution in [0.3, 0.4) is 0 Å². The molecule has 0 bridgehead atoms. The normalized spacial score (nSPS) is 24.4. The number of rotatable bonds is 5. The van der Waals surface area contributed by atoms with Crippen LogP contribution in [-0.2, 0) is 14.6 Å². The third-order valence-electron chi connectivity index (χ3n) is 4.90. The first-order chi connectivity index (χ1) is 11.0. The molecule has 0 saturated carbocycles. The van der Waals surface area contributed by atoms with Gasteiger partial charge in [0, 0.05) is 37.7 Å². The molecule has 6 nitrogen and oxygen atoms in total. The summed E-state index contributed by atoms with van der Waals surface area (Å²) >= 11 is 0. The average molecular weight is 338 g/mol.